The van der Waals surface area contributed by atoms with Gasteiger partial charge < -0.3 is 4.74 Å². The van der Waals surface area contributed by atoms with Crippen LogP contribution in [0, 0.1) is 29.1 Å². The summed E-state index contributed by atoms with van der Waals surface area (Å²) < 4.78 is 94.1. The standard InChI is InChI=1S/C14H7F5O4S/c15-8-9(16)11(18)13(12(19)10(8)17)24(21,22)14(20)23-6-7-4-2-1-3-5-7/h1-5H,6H2. The van der Waals surface area contributed by atoms with Gasteiger partial charge >= 0.3 is 5.30 Å². The Kier molecular flexibility index (Phi) is 4.88. The van der Waals surface area contributed by atoms with Gasteiger partial charge in [-0.3, -0.25) is 0 Å². The van der Waals surface area contributed by atoms with E-state index in [2.05, 4.69) is 4.74 Å². The van der Waals surface area contributed by atoms with Crippen molar-refractivity contribution in [1.29, 1.82) is 0 Å². The van der Waals surface area contributed by atoms with E-state index in [1.807, 2.05) is 0 Å². The Morgan fingerprint density at radius 3 is 1.79 bits per heavy atom. The van der Waals surface area contributed by atoms with Gasteiger partial charge in [-0.05, 0) is 5.56 Å². The Labute approximate surface area is 132 Å². The third-order valence-electron chi connectivity index (χ3n) is 2.86. The number of hydrogen-bond acceptors (Lipinski definition) is 4. The molecule has 0 atom stereocenters. The number of rotatable bonds is 3. The van der Waals surface area contributed by atoms with Crippen LogP contribution in [-0.4, -0.2) is 13.7 Å². The topological polar surface area (TPSA) is 60.4 Å². The lowest BCUT2D eigenvalue weighted by atomic mass is 10.2. The summed E-state index contributed by atoms with van der Waals surface area (Å²) in [6.07, 6.45) is 0. The fraction of sp³-hybridized carbons (Fsp3) is 0.0714. The van der Waals surface area contributed by atoms with Crippen LogP contribution in [0.25, 0.3) is 0 Å². The lowest BCUT2D eigenvalue weighted by Gasteiger charge is -2.09. The summed E-state index contributed by atoms with van der Waals surface area (Å²) in [7, 11) is -5.59. The van der Waals surface area contributed by atoms with Crippen molar-refractivity contribution >= 4 is 15.1 Å². The minimum atomic E-state index is -5.59. The van der Waals surface area contributed by atoms with E-state index in [9.17, 15) is 35.2 Å². The van der Waals surface area contributed by atoms with Crippen LogP contribution in [-0.2, 0) is 21.2 Å². The molecule has 10 heteroatoms. The van der Waals surface area contributed by atoms with Crippen LogP contribution in [0.5, 0.6) is 0 Å². The first kappa shape index (κ1) is 17.9. The molecule has 2 aromatic rings. The molecule has 2 aromatic carbocycles. The molecule has 0 unspecified atom stereocenters. The minimum absolute atomic E-state index is 0.346. The van der Waals surface area contributed by atoms with Crippen molar-refractivity contribution in [3.05, 3.63) is 65.0 Å². The summed E-state index contributed by atoms with van der Waals surface area (Å²) in [6.45, 7) is -0.575. The molecule has 0 spiro atoms. The number of benzene rings is 2. The van der Waals surface area contributed by atoms with Crippen LogP contribution in [0.15, 0.2) is 35.2 Å². The SMILES string of the molecule is O=C(OCc1ccccc1)S(=O)(=O)c1c(F)c(F)c(F)c(F)c1F. The maximum atomic E-state index is 13.5. The molecule has 0 aromatic heterocycles. The number of carbonyl (C=O) groups excluding carboxylic acids is 1. The number of carbonyl (C=O) groups is 1. The molecule has 0 saturated heterocycles. The predicted molar refractivity (Wildman–Crippen MR) is 70.0 cm³/mol. The second-order valence-electron chi connectivity index (χ2n) is 4.43. The average molecular weight is 366 g/mol. The Hall–Kier alpha value is -2.49. The van der Waals surface area contributed by atoms with Gasteiger partial charge in [0.05, 0.1) is 0 Å². The lowest BCUT2D eigenvalue weighted by Crippen LogP contribution is -2.21. The van der Waals surface area contributed by atoms with Crippen LogP contribution in [0.2, 0.25) is 0 Å². The molecule has 0 aliphatic rings. The van der Waals surface area contributed by atoms with Gasteiger partial charge in [0.2, 0.25) is 5.82 Å². The van der Waals surface area contributed by atoms with E-state index in [4.69, 9.17) is 0 Å². The number of ether oxygens (including phenoxy) is 1. The van der Waals surface area contributed by atoms with Crippen LogP contribution in [0.4, 0.5) is 26.7 Å². The summed E-state index contributed by atoms with van der Waals surface area (Å²) in [4.78, 5) is 9.32. The molecule has 0 radical (unpaired) electrons. The summed E-state index contributed by atoms with van der Waals surface area (Å²) in [5, 5.41) is -2.14. The van der Waals surface area contributed by atoms with Crippen LogP contribution < -0.4 is 0 Å². The van der Waals surface area contributed by atoms with E-state index in [1.54, 1.807) is 18.2 Å². The van der Waals surface area contributed by atoms with Gasteiger partial charge in [-0.1, -0.05) is 30.3 Å². The first-order valence-electron chi connectivity index (χ1n) is 6.15. The minimum Gasteiger partial charge on any atom is -0.449 e. The highest BCUT2D eigenvalue weighted by molar-refractivity contribution is 8.05. The van der Waals surface area contributed by atoms with Gasteiger partial charge in [-0.15, -0.1) is 0 Å². The third-order valence-corrected chi connectivity index (χ3v) is 4.31. The number of hydrogen-bond donors (Lipinski definition) is 0. The van der Waals surface area contributed by atoms with E-state index in [0.717, 1.165) is 0 Å². The van der Waals surface area contributed by atoms with E-state index >= 15 is 0 Å². The normalized spacial score (nSPS) is 11.4. The molecular weight excluding hydrogens is 359 g/mol. The summed E-state index contributed by atoms with van der Waals surface area (Å²) in [5.74, 6) is -12.8. The average Bonchev–Trinajstić information content (AvgIpc) is 2.56. The molecular formula is C14H7F5O4S. The monoisotopic (exact) mass is 366 g/mol. The molecule has 0 fully saturated rings. The van der Waals surface area contributed by atoms with Crippen LogP contribution >= 0.6 is 0 Å². The second kappa shape index (κ2) is 6.56. The van der Waals surface area contributed by atoms with Crippen molar-refractivity contribution in [2.45, 2.75) is 11.5 Å². The molecule has 0 saturated carbocycles. The fourth-order valence-electron chi connectivity index (χ4n) is 1.70. The lowest BCUT2D eigenvalue weighted by molar-refractivity contribution is 0.165. The van der Waals surface area contributed by atoms with E-state index in [1.165, 1.54) is 12.1 Å². The summed E-state index contributed by atoms with van der Waals surface area (Å²) in [6, 6.07) is 7.62. The van der Waals surface area contributed by atoms with Crippen LogP contribution in [0.3, 0.4) is 0 Å². The Bertz CT molecular complexity index is 868. The zero-order valence-electron chi connectivity index (χ0n) is 11.5. The van der Waals surface area contributed by atoms with Gasteiger partial charge in [-0.2, -0.15) is 0 Å². The summed E-state index contributed by atoms with van der Waals surface area (Å²) >= 11 is 0. The zero-order valence-corrected chi connectivity index (χ0v) is 12.3. The molecule has 24 heavy (non-hydrogen) atoms. The van der Waals surface area contributed by atoms with Crippen molar-refractivity contribution in [2.24, 2.45) is 0 Å². The number of sulfone groups is 1. The predicted octanol–water partition coefficient (Wildman–Crippen LogP) is 3.49. The van der Waals surface area contributed by atoms with Gasteiger partial charge in [0.25, 0.3) is 9.84 Å². The summed E-state index contributed by atoms with van der Waals surface area (Å²) in [5.41, 5.74) is 0.346. The van der Waals surface area contributed by atoms with E-state index < -0.39 is 55.7 Å². The second-order valence-corrected chi connectivity index (χ2v) is 6.18. The van der Waals surface area contributed by atoms with Crippen molar-refractivity contribution < 1.29 is 39.9 Å². The Morgan fingerprint density at radius 2 is 1.29 bits per heavy atom. The van der Waals surface area contributed by atoms with Crippen molar-refractivity contribution in [3.63, 3.8) is 0 Å². The molecule has 0 aliphatic carbocycles. The zero-order chi connectivity index (χ0) is 18.1. The largest absolute Gasteiger partial charge is 0.449 e. The molecule has 0 amide bonds. The highest BCUT2D eigenvalue weighted by Gasteiger charge is 2.38. The van der Waals surface area contributed by atoms with Crippen LogP contribution in [0.1, 0.15) is 5.56 Å². The van der Waals surface area contributed by atoms with Crippen molar-refractivity contribution in [3.8, 4) is 0 Å². The molecule has 0 aliphatic heterocycles. The maximum absolute atomic E-state index is 13.5. The molecule has 128 valence electrons. The van der Waals surface area contributed by atoms with Gasteiger partial charge in [0.1, 0.15) is 6.61 Å². The van der Waals surface area contributed by atoms with Crippen molar-refractivity contribution in [2.75, 3.05) is 0 Å². The molecule has 0 N–H and O–H groups in total. The van der Waals surface area contributed by atoms with Gasteiger partial charge in [0, 0.05) is 0 Å². The highest BCUT2D eigenvalue weighted by atomic mass is 32.2. The Balaban J connectivity index is 2.39. The first-order chi connectivity index (χ1) is 11.2. The molecule has 2 rings (SSSR count). The third kappa shape index (κ3) is 3.09. The van der Waals surface area contributed by atoms with E-state index in [0.29, 0.717) is 5.56 Å². The number of halogens is 5. The molecule has 0 heterocycles. The quantitative estimate of drug-likeness (QED) is 0.274. The fourth-order valence-corrected chi connectivity index (χ4v) is 2.73. The Morgan fingerprint density at radius 1 is 0.833 bits per heavy atom. The van der Waals surface area contributed by atoms with E-state index in [-0.39, 0.29) is 0 Å². The molecule has 4 nitrogen and oxygen atoms in total. The highest BCUT2D eigenvalue weighted by Crippen LogP contribution is 2.28. The smallest absolute Gasteiger partial charge is 0.430 e. The first-order valence-corrected chi connectivity index (χ1v) is 7.63. The molecule has 0 bridgehead atoms. The van der Waals surface area contributed by atoms with Gasteiger partial charge in [-0.25, -0.2) is 35.2 Å². The maximum Gasteiger partial charge on any atom is 0.430 e. The van der Waals surface area contributed by atoms with Crippen molar-refractivity contribution in [1.82, 2.24) is 0 Å². The van der Waals surface area contributed by atoms with Gasteiger partial charge in [0.15, 0.2) is 28.2 Å².